The zero-order valence-corrected chi connectivity index (χ0v) is 12.1. The van der Waals surface area contributed by atoms with Crippen LogP contribution in [0.2, 0.25) is 0 Å². The summed E-state index contributed by atoms with van der Waals surface area (Å²) in [7, 11) is 0. The van der Waals surface area contributed by atoms with Crippen LogP contribution in [-0.4, -0.2) is 17.1 Å². The lowest BCUT2D eigenvalue weighted by atomic mass is 10.0. The summed E-state index contributed by atoms with van der Waals surface area (Å²) in [6.45, 7) is 7.33. The van der Waals surface area contributed by atoms with Gasteiger partial charge in [0.25, 0.3) is 0 Å². The van der Waals surface area contributed by atoms with Gasteiger partial charge in [0.05, 0.1) is 0 Å². The topological polar surface area (TPSA) is 70.6 Å². The Morgan fingerprint density at radius 1 is 1.42 bits per heavy atom. The van der Waals surface area contributed by atoms with Crippen LogP contribution >= 0.6 is 0 Å². The van der Waals surface area contributed by atoms with Crippen molar-refractivity contribution in [3.63, 3.8) is 0 Å². The van der Waals surface area contributed by atoms with Crippen LogP contribution in [0.1, 0.15) is 49.8 Å². The van der Waals surface area contributed by atoms with Crippen LogP contribution in [0.25, 0.3) is 0 Å². The van der Waals surface area contributed by atoms with E-state index in [-0.39, 0.29) is 5.84 Å². The Kier molecular flexibility index (Phi) is 6.36. The molecule has 1 aromatic carbocycles. The molecule has 1 atom stereocenters. The number of nitrogens with zero attached hydrogens (tertiary/aromatic N) is 1. The third kappa shape index (κ3) is 4.56. The molecule has 0 aliphatic rings. The average Bonchev–Trinajstić information content (AvgIpc) is 2.43. The van der Waals surface area contributed by atoms with Crippen molar-refractivity contribution in [1.29, 1.82) is 0 Å². The van der Waals surface area contributed by atoms with Crippen LogP contribution in [0, 0.1) is 6.92 Å². The Hall–Kier alpha value is -1.55. The summed E-state index contributed by atoms with van der Waals surface area (Å²) in [5.74, 6) is 0.153. The largest absolute Gasteiger partial charge is 0.409 e. The smallest absolute Gasteiger partial charge is 0.170 e. The molecular formula is C15H25N3O. The zero-order valence-electron chi connectivity index (χ0n) is 12.1. The predicted molar refractivity (Wildman–Crippen MR) is 79.5 cm³/mol. The third-order valence-corrected chi connectivity index (χ3v) is 3.46. The van der Waals surface area contributed by atoms with Crippen LogP contribution in [0.3, 0.4) is 0 Å². The molecule has 0 heterocycles. The Morgan fingerprint density at radius 2 is 2.16 bits per heavy atom. The van der Waals surface area contributed by atoms with Gasteiger partial charge in [-0.3, -0.25) is 0 Å². The van der Waals surface area contributed by atoms with E-state index in [0.29, 0.717) is 6.04 Å². The van der Waals surface area contributed by atoms with Gasteiger partial charge in [-0.15, -0.1) is 0 Å². The van der Waals surface area contributed by atoms with Crippen molar-refractivity contribution in [1.82, 2.24) is 5.32 Å². The summed E-state index contributed by atoms with van der Waals surface area (Å²) in [6.07, 6.45) is 3.56. The number of hydrogen-bond donors (Lipinski definition) is 3. The predicted octanol–water partition coefficient (Wildman–Crippen LogP) is 2.76. The Labute approximate surface area is 115 Å². The van der Waals surface area contributed by atoms with Gasteiger partial charge in [0.2, 0.25) is 0 Å². The van der Waals surface area contributed by atoms with Gasteiger partial charge >= 0.3 is 0 Å². The molecule has 0 bridgehead atoms. The van der Waals surface area contributed by atoms with E-state index in [4.69, 9.17) is 10.9 Å². The number of hydrogen-bond acceptors (Lipinski definition) is 3. The number of nitrogens with two attached hydrogens (primary N) is 1. The highest BCUT2D eigenvalue weighted by atomic mass is 16.4. The van der Waals surface area contributed by atoms with Crippen molar-refractivity contribution in [2.75, 3.05) is 0 Å². The minimum atomic E-state index is 0.153. The van der Waals surface area contributed by atoms with Crippen LogP contribution in [-0.2, 0) is 6.54 Å². The molecule has 1 unspecified atom stereocenters. The highest BCUT2D eigenvalue weighted by Crippen LogP contribution is 2.12. The normalized spacial score (nSPS) is 13.5. The fourth-order valence-corrected chi connectivity index (χ4v) is 2.16. The lowest BCUT2D eigenvalue weighted by molar-refractivity contribution is 0.318. The molecule has 1 aromatic rings. The number of amidine groups is 1. The van der Waals surface area contributed by atoms with Gasteiger partial charge in [-0.05, 0) is 37.0 Å². The van der Waals surface area contributed by atoms with Gasteiger partial charge in [-0.25, -0.2) is 0 Å². The molecule has 4 heteroatoms. The quantitative estimate of drug-likeness (QED) is 0.306. The SMILES string of the molecule is CCCC(CC)NCc1ccc(/C(N)=N/O)cc1C. The second-order valence-corrected chi connectivity index (χ2v) is 4.90. The number of nitrogens with one attached hydrogen (secondary N) is 1. The number of oxime groups is 1. The maximum Gasteiger partial charge on any atom is 0.170 e. The molecule has 0 spiro atoms. The molecule has 0 saturated carbocycles. The first-order valence-corrected chi connectivity index (χ1v) is 6.93. The van der Waals surface area contributed by atoms with E-state index >= 15 is 0 Å². The minimum absolute atomic E-state index is 0.153. The molecule has 0 aromatic heterocycles. The van der Waals surface area contributed by atoms with Gasteiger partial charge in [0.1, 0.15) is 0 Å². The summed E-state index contributed by atoms with van der Waals surface area (Å²) in [5, 5.41) is 15.3. The molecular weight excluding hydrogens is 238 g/mol. The molecule has 0 radical (unpaired) electrons. The van der Waals surface area contributed by atoms with E-state index in [9.17, 15) is 0 Å². The molecule has 0 amide bonds. The summed E-state index contributed by atoms with van der Waals surface area (Å²) >= 11 is 0. The maximum atomic E-state index is 8.67. The van der Waals surface area contributed by atoms with E-state index in [2.05, 4.69) is 24.3 Å². The van der Waals surface area contributed by atoms with Crippen molar-refractivity contribution in [3.05, 3.63) is 34.9 Å². The monoisotopic (exact) mass is 263 g/mol. The Morgan fingerprint density at radius 3 is 2.68 bits per heavy atom. The lowest BCUT2D eigenvalue weighted by Gasteiger charge is -2.17. The summed E-state index contributed by atoms with van der Waals surface area (Å²) < 4.78 is 0. The molecule has 106 valence electrons. The van der Waals surface area contributed by atoms with E-state index in [1.54, 1.807) is 0 Å². The summed E-state index contributed by atoms with van der Waals surface area (Å²) in [5.41, 5.74) is 8.74. The van der Waals surface area contributed by atoms with E-state index in [1.165, 1.54) is 18.4 Å². The number of rotatable bonds is 7. The summed E-state index contributed by atoms with van der Waals surface area (Å²) in [4.78, 5) is 0. The maximum absolute atomic E-state index is 8.67. The van der Waals surface area contributed by atoms with Crippen molar-refractivity contribution in [2.45, 2.75) is 52.6 Å². The van der Waals surface area contributed by atoms with Crippen LogP contribution in [0.5, 0.6) is 0 Å². The standard InChI is InChI=1S/C15H25N3O/c1-4-6-14(5-2)17-10-13-8-7-12(9-11(13)3)15(16)18-19/h7-9,14,17,19H,4-6,10H2,1-3H3,(H2,16,18). The second kappa shape index (κ2) is 7.79. The lowest BCUT2D eigenvalue weighted by Crippen LogP contribution is -2.28. The highest BCUT2D eigenvalue weighted by molar-refractivity contribution is 5.97. The first-order chi connectivity index (χ1) is 9.12. The fraction of sp³-hybridized carbons (Fsp3) is 0.533. The van der Waals surface area contributed by atoms with Crippen LogP contribution in [0.15, 0.2) is 23.4 Å². The molecule has 4 N–H and O–H groups in total. The molecule has 0 aliphatic carbocycles. The van der Waals surface area contributed by atoms with E-state index < -0.39 is 0 Å². The van der Waals surface area contributed by atoms with Crippen molar-refractivity contribution >= 4 is 5.84 Å². The molecule has 0 aliphatic heterocycles. The fourth-order valence-electron chi connectivity index (χ4n) is 2.16. The van der Waals surface area contributed by atoms with Crippen LogP contribution < -0.4 is 11.1 Å². The average molecular weight is 263 g/mol. The van der Waals surface area contributed by atoms with E-state index in [1.807, 2.05) is 25.1 Å². The van der Waals surface area contributed by atoms with E-state index in [0.717, 1.165) is 24.1 Å². The first-order valence-electron chi connectivity index (χ1n) is 6.93. The molecule has 0 fully saturated rings. The van der Waals surface area contributed by atoms with Gasteiger partial charge in [-0.2, -0.15) is 0 Å². The number of benzene rings is 1. The minimum Gasteiger partial charge on any atom is -0.409 e. The Bertz CT molecular complexity index is 429. The van der Waals surface area contributed by atoms with Gasteiger partial charge < -0.3 is 16.3 Å². The molecule has 0 saturated heterocycles. The molecule has 4 nitrogen and oxygen atoms in total. The second-order valence-electron chi connectivity index (χ2n) is 4.90. The van der Waals surface area contributed by atoms with Crippen LogP contribution in [0.4, 0.5) is 0 Å². The zero-order chi connectivity index (χ0) is 14.3. The molecule has 1 rings (SSSR count). The van der Waals surface area contributed by atoms with Crippen molar-refractivity contribution in [2.24, 2.45) is 10.9 Å². The van der Waals surface area contributed by atoms with Gasteiger partial charge in [0, 0.05) is 18.2 Å². The van der Waals surface area contributed by atoms with Crippen molar-refractivity contribution in [3.8, 4) is 0 Å². The van der Waals surface area contributed by atoms with Crippen molar-refractivity contribution < 1.29 is 5.21 Å². The van der Waals surface area contributed by atoms with Gasteiger partial charge in [-0.1, -0.05) is 37.6 Å². The molecule has 19 heavy (non-hydrogen) atoms. The third-order valence-electron chi connectivity index (χ3n) is 3.46. The first kappa shape index (κ1) is 15.5. The number of aryl methyl sites for hydroxylation is 1. The van der Waals surface area contributed by atoms with Gasteiger partial charge in [0.15, 0.2) is 5.84 Å². The highest BCUT2D eigenvalue weighted by Gasteiger charge is 2.07. The Balaban J connectivity index is 2.70. The summed E-state index contributed by atoms with van der Waals surface area (Å²) in [6, 6.07) is 6.45.